The molecule has 33 heteroatoms. The largest absolute Gasteiger partial charge is 0.508 e. The number of carbonyl (C=O) groups is 11. The van der Waals surface area contributed by atoms with E-state index in [9.17, 15) is 63.0 Å². The van der Waals surface area contributed by atoms with Crippen molar-refractivity contribution in [1.29, 1.82) is 0 Å². The normalized spacial score (nSPS) is 20.5. The van der Waals surface area contributed by atoms with Gasteiger partial charge < -0.3 is 97.4 Å². The summed E-state index contributed by atoms with van der Waals surface area (Å²) in [6.45, 7) is 2.66. The smallest absolute Gasteiger partial charge is 0.326 e. The summed E-state index contributed by atoms with van der Waals surface area (Å²) in [7, 11) is 1.98. The first-order valence-electron chi connectivity index (χ1n) is 29.7. The van der Waals surface area contributed by atoms with Crippen LogP contribution < -0.4 is 82.3 Å². The molecular formula is C57H88N18O13S2. The number of phenolic OH excluding ortho intramolecular Hbond substituents is 1. The first kappa shape index (κ1) is 74.0. The van der Waals surface area contributed by atoms with Gasteiger partial charge in [0.1, 0.15) is 54.1 Å². The Morgan fingerprint density at radius 2 is 1.30 bits per heavy atom. The Morgan fingerprint density at radius 1 is 0.700 bits per heavy atom. The van der Waals surface area contributed by atoms with Crippen LogP contribution in [0.3, 0.4) is 0 Å². The molecule has 0 bridgehead atoms. The zero-order valence-corrected chi connectivity index (χ0v) is 52.3. The third kappa shape index (κ3) is 26.0. The first-order valence-corrected chi connectivity index (χ1v) is 32.2. The fourth-order valence-corrected chi connectivity index (χ4v) is 11.8. The molecule has 0 aromatic heterocycles. The van der Waals surface area contributed by atoms with E-state index in [1.165, 1.54) is 17.0 Å². The van der Waals surface area contributed by atoms with Gasteiger partial charge in [-0.3, -0.25) is 57.9 Å². The molecule has 2 fully saturated rings. The number of carboxylic acids is 1. The van der Waals surface area contributed by atoms with Gasteiger partial charge in [0, 0.05) is 37.6 Å². The zero-order chi connectivity index (χ0) is 66.3. The van der Waals surface area contributed by atoms with E-state index in [0.29, 0.717) is 43.4 Å². The molecule has 23 N–H and O–H groups in total. The number of benzene rings is 2. The fourth-order valence-electron chi connectivity index (χ4n) is 9.51. The van der Waals surface area contributed by atoms with Crippen molar-refractivity contribution in [3.8, 4) is 5.75 Å². The average Bonchev–Trinajstić information content (AvgIpc) is 2.19. The summed E-state index contributed by atoms with van der Waals surface area (Å²) in [4.78, 5) is 162. The maximum atomic E-state index is 14.8. The van der Waals surface area contributed by atoms with Crippen LogP contribution in [0.1, 0.15) is 89.2 Å². The number of carbonyl (C=O) groups excluding carboxylic acids is 10. The Morgan fingerprint density at radius 3 is 1.91 bits per heavy atom. The quantitative estimate of drug-likeness (QED) is 0.0153. The number of nitrogens with zero attached hydrogens (tertiary/aromatic N) is 3. The molecule has 31 nitrogen and oxygen atoms in total. The highest BCUT2D eigenvalue weighted by molar-refractivity contribution is 8.76. The van der Waals surface area contributed by atoms with Crippen LogP contribution in [-0.4, -0.2) is 197 Å². The second kappa shape index (κ2) is 38.9. The van der Waals surface area contributed by atoms with Gasteiger partial charge in [0.15, 0.2) is 11.9 Å². The number of hydrogen-bond acceptors (Lipinski definition) is 18. The molecule has 2 saturated heterocycles. The Balaban J connectivity index is 1.70. The molecule has 0 aliphatic carbocycles. The molecule has 2 aromatic carbocycles. The van der Waals surface area contributed by atoms with Crippen molar-refractivity contribution in [3.05, 3.63) is 65.7 Å². The van der Waals surface area contributed by atoms with Crippen LogP contribution in [0.15, 0.2) is 64.6 Å². The number of rotatable bonds is 30. The minimum absolute atomic E-state index is 0.00972. The highest BCUT2D eigenvalue weighted by Gasteiger charge is 2.41. The lowest BCUT2D eigenvalue weighted by Gasteiger charge is -2.31. The predicted octanol–water partition coefficient (Wildman–Crippen LogP) is -4.12. The summed E-state index contributed by atoms with van der Waals surface area (Å²) in [5.74, 6) is -10.8. The number of nitrogens with one attached hydrogen (secondary N) is 9. The highest BCUT2D eigenvalue weighted by Crippen LogP contribution is 2.27. The van der Waals surface area contributed by atoms with E-state index in [2.05, 4.69) is 57.8 Å². The first-order chi connectivity index (χ1) is 42.9. The Labute approximate surface area is 529 Å². The van der Waals surface area contributed by atoms with Gasteiger partial charge in [-0.25, -0.2) is 4.79 Å². The van der Waals surface area contributed by atoms with Crippen LogP contribution in [0.4, 0.5) is 0 Å². The van der Waals surface area contributed by atoms with Crippen molar-refractivity contribution >= 4 is 98.5 Å². The minimum atomic E-state index is -1.53. The standard InChI is InChI=1S/C57H88N18O13S2/c1-3-32(2)46-53(85)73-42(54(86)75-25-11-17-43(75)52(84)71-39(55(87)88)14-7-8-22-58)31-90-89-30-41(51(83)70-37(15-9-23-64-56(60)61)48(80)69-38(49(81)74-46)16-10-24-65-57(62)63)72-50(82)40(27-33-12-5-4-6-13-33)68-45(78)29-66-44(77)28-67-47(79)36(59)26-34-18-20-35(76)21-19-34/h4-6,12-13,18-21,32,36-43,46,76H,3,7-11,14-17,22-31,58-59H2,1-2H3,(H,66,77)(H,67,79)(H,68,78)(H,69,80)(H,70,83)(H,71,84)(H,72,82)(H,73,85)(H,74,81)(H,87,88)(H4,60,61,64)(H4,62,63,65)/t32-,36-,37+,38-,39+,40-,41+,42+,43+,46+/m0/s1. The Kier molecular flexibility index (Phi) is 32.0. The molecule has 496 valence electrons. The molecule has 2 heterocycles. The molecule has 0 unspecified atom stereocenters. The van der Waals surface area contributed by atoms with E-state index in [-0.39, 0.29) is 100 Å². The number of phenols is 1. The van der Waals surface area contributed by atoms with Gasteiger partial charge in [-0.1, -0.05) is 84.3 Å². The van der Waals surface area contributed by atoms with Gasteiger partial charge in [0.2, 0.25) is 59.1 Å². The topological polar surface area (TPSA) is 521 Å². The second-order valence-corrected chi connectivity index (χ2v) is 24.3. The molecule has 2 aliphatic rings. The monoisotopic (exact) mass is 1300 g/mol. The summed E-state index contributed by atoms with van der Waals surface area (Å²) in [5, 5.41) is 43.1. The highest BCUT2D eigenvalue weighted by atomic mass is 33.1. The molecule has 2 aliphatic heterocycles. The number of unbranched alkanes of at least 4 members (excludes halogenated alkanes) is 1. The van der Waals surface area contributed by atoms with Crippen LogP contribution >= 0.6 is 21.6 Å². The lowest BCUT2D eigenvalue weighted by Crippen LogP contribution is -2.61. The molecule has 0 spiro atoms. The lowest BCUT2D eigenvalue weighted by atomic mass is 9.97. The van der Waals surface area contributed by atoms with E-state index in [4.69, 9.17) is 34.4 Å². The lowest BCUT2D eigenvalue weighted by molar-refractivity contribution is -0.145. The van der Waals surface area contributed by atoms with Gasteiger partial charge in [-0.05, 0) is 99.9 Å². The van der Waals surface area contributed by atoms with E-state index >= 15 is 0 Å². The molecule has 0 saturated carbocycles. The molecule has 10 amide bonds. The fraction of sp³-hybridized carbons (Fsp3) is 0.561. The number of amides is 10. The molecule has 10 atom stereocenters. The molecule has 90 heavy (non-hydrogen) atoms. The number of nitrogens with two attached hydrogens (primary N) is 6. The maximum Gasteiger partial charge on any atom is 0.326 e. The number of carboxylic acid groups (broad SMARTS) is 1. The van der Waals surface area contributed by atoms with Crippen molar-refractivity contribution in [3.63, 3.8) is 0 Å². The number of aromatic hydroxyl groups is 1. The average molecular weight is 1300 g/mol. The van der Waals surface area contributed by atoms with E-state index in [1.54, 1.807) is 56.3 Å². The van der Waals surface area contributed by atoms with Crippen LogP contribution in [-0.2, 0) is 65.6 Å². The van der Waals surface area contributed by atoms with Crippen molar-refractivity contribution in [2.75, 3.05) is 50.8 Å². The van der Waals surface area contributed by atoms with E-state index in [1.807, 2.05) is 0 Å². The number of hydrogen-bond donors (Lipinski definition) is 17. The van der Waals surface area contributed by atoms with Gasteiger partial charge >= 0.3 is 5.97 Å². The van der Waals surface area contributed by atoms with Crippen LogP contribution in [0.5, 0.6) is 5.75 Å². The summed E-state index contributed by atoms with van der Waals surface area (Å²) < 4.78 is 0. The third-order valence-corrected chi connectivity index (χ3v) is 17.1. The summed E-state index contributed by atoms with van der Waals surface area (Å²) in [5.41, 5.74) is 35.2. The molecule has 0 radical (unpaired) electrons. The molecule has 2 aromatic rings. The van der Waals surface area contributed by atoms with E-state index in [0.717, 1.165) is 21.6 Å². The van der Waals surface area contributed by atoms with Crippen molar-refractivity contribution in [2.24, 2.45) is 50.3 Å². The minimum Gasteiger partial charge on any atom is -0.508 e. The van der Waals surface area contributed by atoms with E-state index < -0.39 is 138 Å². The predicted molar refractivity (Wildman–Crippen MR) is 339 cm³/mol. The number of aliphatic carboxylic acids is 1. The van der Waals surface area contributed by atoms with Crippen molar-refractivity contribution in [2.45, 2.75) is 145 Å². The van der Waals surface area contributed by atoms with Gasteiger partial charge in [-0.2, -0.15) is 0 Å². The SMILES string of the molecule is CC[C@H](C)[C@H]1NC(=O)[C@H](CCCN=C(N)N)NC(=O)[C@@H](CCCN=C(N)N)NC(=O)[C@H](NC(=O)[C@H](Cc2ccccc2)NC(=O)CNC(=O)CNC(=O)[C@@H](N)Cc2ccc(O)cc2)CSSC[C@H](C(=O)N2CCC[C@@H]2C(=O)N[C@H](CCCCN)C(=O)O)NC1=O. The maximum absolute atomic E-state index is 14.8. The zero-order valence-electron chi connectivity index (χ0n) is 50.6. The second-order valence-electron chi connectivity index (χ2n) is 21.7. The number of aliphatic imine (C=N–C) groups is 2. The van der Waals surface area contributed by atoms with Crippen molar-refractivity contribution < 1.29 is 63.0 Å². The van der Waals surface area contributed by atoms with Gasteiger partial charge in [0.25, 0.3) is 0 Å². The Hall–Kier alpha value is -8.43. The molecule has 4 rings (SSSR count). The molecular weight excluding hydrogens is 1210 g/mol. The Bertz CT molecular complexity index is 2810. The van der Waals surface area contributed by atoms with Gasteiger partial charge in [-0.15, -0.1) is 0 Å². The summed E-state index contributed by atoms with van der Waals surface area (Å²) in [6.07, 6.45) is 1.88. The third-order valence-electron chi connectivity index (χ3n) is 14.7. The van der Waals surface area contributed by atoms with Gasteiger partial charge in [0.05, 0.1) is 19.1 Å². The summed E-state index contributed by atoms with van der Waals surface area (Å²) >= 11 is 0. The van der Waals surface area contributed by atoms with Crippen molar-refractivity contribution in [1.82, 2.24) is 52.8 Å². The number of likely N-dealkylation sites (tertiary alicyclic amines) is 1. The van der Waals surface area contributed by atoms with Crippen LogP contribution in [0, 0.1) is 5.92 Å². The summed E-state index contributed by atoms with van der Waals surface area (Å²) in [6, 6.07) is 2.62. The number of guanidine groups is 2. The van der Waals surface area contributed by atoms with Crippen LogP contribution in [0.25, 0.3) is 0 Å². The van der Waals surface area contributed by atoms with Crippen LogP contribution in [0.2, 0.25) is 0 Å².